The molecule has 4 heteroatoms. The van der Waals surface area contributed by atoms with E-state index in [0.29, 0.717) is 19.6 Å². The van der Waals surface area contributed by atoms with Gasteiger partial charge in [-0.1, -0.05) is 20.8 Å². The van der Waals surface area contributed by atoms with Gasteiger partial charge in [0.15, 0.2) is 5.79 Å². The monoisotopic (exact) mass is 216 g/mol. The highest BCUT2D eigenvalue weighted by atomic mass is 16.8. The van der Waals surface area contributed by atoms with E-state index < -0.39 is 5.79 Å². The average Bonchev–Trinajstić information content (AvgIpc) is 2.70. The molecule has 0 aromatic rings. The summed E-state index contributed by atoms with van der Waals surface area (Å²) >= 11 is 0. The van der Waals surface area contributed by atoms with Gasteiger partial charge in [-0.3, -0.25) is 4.79 Å². The number of rotatable bonds is 5. The number of ether oxygens (including phenoxy) is 3. The lowest BCUT2D eigenvalue weighted by molar-refractivity contribution is -0.179. The normalized spacial score (nSPS) is 24.1. The first-order valence-electron chi connectivity index (χ1n) is 5.63. The molecule has 1 rings (SSSR count). The Kier molecular flexibility index (Phi) is 4.54. The molecule has 88 valence electrons. The maximum absolute atomic E-state index is 11.0. The van der Waals surface area contributed by atoms with Gasteiger partial charge in [0, 0.05) is 6.42 Å². The van der Waals surface area contributed by atoms with Crippen LogP contribution in [-0.2, 0) is 19.0 Å². The van der Waals surface area contributed by atoms with Crippen LogP contribution in [0.25, 0.3) is 0 Å². The van der Waals surface area contributed by atoms with Crippen LogP contribution in [0.3, 0.4) is 0 Å². The summed E-state index contributed by atoms with van der Waals surface area (Å²) in [4.78, 5) is 11.0. The Labute approximate surface area is 90.9 Å². The topological polar surface area (TPSA) is 44.8 Å². The van der Waals surface area contributed by atoms with Gasteiger partial charge in [0.25, 0.3) is 0 Å². The molecule has 0 aliphatic carbocycles. The third-order valence-electron chi connectivity index (χ3n) is 2.71. The van der Waals surface area contributed by atoms with Crippen LogP contribution < -0.4 is 0 Å². The van der Waals surface area contributed by atoms with Crippen LogP contribution in [0.5, 0.6) is 0 Å². The molecule has 1 aliphatic heterocycles. The zero-order valence-corrected chi connectivity index (χ0v) is 9.75. The van der Waals surface area contributed by atoms with E-state index in [9.17, 15) is 4.79 Å². The Balaban J connectivity index is 2.33. The van der Waals surface area contributed by atoms with E-state index in [1.807, 2.05) is 13.8 Å². The highest BCUT2D eigenvalue weighted by Gasteiger charge is 2.38. The van der Waals surface area contributed by atoms with E-state index >= 15 is 0 Å². The highest BCUT2D eigenvalue weighted by Crippen LogP contribution is 2.30. The summed E-state index contributed by atoms with van der Waals surface area (Å²) in [6, 6.07) is 0. The summed E-state index contributed by atoms with van der Waals surface area (Å²) in [5.74, 6) is -0.646. The number of esters is 1. The molecule has 0 spiro atoms. The molecule has 1 saturated heterocycles. The van der Waals surface area contributed by atoms with Crippen molar-refractivity contribution < 1.29 is 19.0 Å². The van der Waals surface area contributed by atoms with Crippen LogP contribution in [0, 0.1) is 0 Å². The van der Waals surface area contributed by atoms with Crippen molar-refractivity contribution in [2.24, 2.45) is 0 Å². The summed E-state index contributed by atoms with van der Waals surface area (Å²) in [6.45, 7) is 6.65. The summed E-state index contributed by atoms with van der Waals surface area (Å²) in [5, 5.41) is 0. The smallest absolute Gasteiger partial charge is 0.305 e. The fourth-order valence-electron chi connectivity index (χ4n) is 1.61. The van der Waals surface area contributed by atoms with Gasteiger partial charge in [-0.2, -0.15) is 0 Å². The summed E-state index contributed by atoms with van der Waals surface area (Å²) in [7, 11) is 0. The molecule has 0 bridgehead atoms. The van der Waals surface area contributed by atoms with Gasteiger partial charge < -0.3 is 14.2 Å². The Morgan fingerprint density at radius 1 is 1.40 bits per heavy atom. The zero-order chi connectivity index (χ0) is 11.3. The lowest BCUT2D eigenvalue weighted by Gasteiger charge is -2.24. The standard InChI is InChI=1S/C11H20O4/c1-4-10(12)13-7-9-8-14-11(5-2,6-3)15-9/h9H,4-8H2,1-3H3/t9-/m1/s1. The SMILES string of the molecule is CCC(=O)OC[C@@H]1COC(CC)(CC)O1. The Hall–Kier alpha value is -0.610. The van der Waals surface area contributed by atoms with Crippen LogP contribution in [-0.4, -0.2) is 31.1 Å². The Morgan fingerprint density at radius 3 is 2.53 bits per heavy atom. The molecule has 0 radical (unpaired) electrons. The molecule has 0 N–H and O–H groups in total. The molecule has 0 aromatic carbocycles. The van der Waals surface area contributed by atoms with Gasteiger partial charge in [-0.05, 0) is 12.8 Å². The largest absolute Gasteiger partial charge is 0.463 e. The van der Waals surface area contributed by atoms with Crippen molar-refractivity contribution >= 4 is 5.97 Å². The van der Waals surface area contributed by atoms with E-state index in [1.165, 1.54) is 0 Å². The summed E-state index contributed by atoms with van der Waals surface area (Å²) in [5.41, 5.74) is 0. The van der Waals surface area contributed by atoms with Crippen LogP contribution in [0.4, 0.5) is 0 Å². The molecule has 0 unspecified atom stereocenters. The van der Waals surface area contributed by atoms with Gasteiger partial charge in [0.05, 0.1) is 6.61 Å². The maximum atomic E-state index is 11.0. The summed E-state index contributed by atoms with van der Waals surface area (Å²) < 4.78 is 16.4. The predicted octanol–water partition coefficient (Wildman–Crippen LogP) is 1.87. The number of carbonyl (C=O) groups excluding carboxylic acids is 1. The van der Waals surface area contributed by atoms with Crippen LogP contribution in [0.1, 0.15) is 40.0 Å². The van der Waals surface area contributed by atoms with Gasteiger partial charge in [-0.25, -0.2) is 0 Å². The third kappa shape index (κ3) is 3.18. The van der Waals surface area contributed by atoms with E-state index in [0.717, 1.165) is 12.8 Å². The first kappa shape index (κ1) is 12.5. The van der Waals surface area contributed by atoms with Crippen LogP contribution in [0.2, 0.25) is 0 Å². The second-order valence-corrected chi connectivity index (χ2v) is 3.71. The van der Waals surface area contributed by atoms with Crippen molar-refractivity contribution in [2.45, 2.75) is 51.9 Å². The average molecular weight is 216 g/mol. The maximum Gasteiger partial charge on any atom is 0.305 e. The van der Waals surface area contributed by atoms with Crippen molar-refractivity contribution in [3.05, 3.63) is 0 Å². The van der Waals surface area contributed by atoms with E-state index in [2.05, 4.69) is 0 Å². The molecule has 1 heterocycles. The van der Waals surface area contributed by atoms with Crippen LogP contribution >= 0.6 is 0 Å². The Morgan fingerprint density at radius 2 is 2.07 bits per heavy atom. The number of carbonyl (C=O) groups is 1. The third-order valence-corrected chi connectivity index (χ3v) is 2.71. The quantitative estimate of drug-likeness (QED) is 0.658. The second-order valence-electron chi connectivity index (χ2n) is 3.71. The van der Waals surface area contributed by atoms with Gasteiger partial charge >= 0.3 is 5.97 Å². The van der Waals surface area contributed by atoms with Gasteiger partial charge in [0.1, 0.15) is 12.7 Å². The van der Waals surface area contributed by atoms with Crippen molar-refractivity contribution in [2.75, 3.05) is 13.2 Å². The molecular weight excluding hydrogens is 196 g/mol. The van der Waals surface area contributed by atoms with E-state index in [4.69, 9.17) is 14.2 Å². The minimum Gasteiger partial charge on any atom is -0.463 e. The number of hydrogen-bond acceptors (Lipinski definition) is 4. The fourth-order valence-corrected chi connectivity index (χ4v) is 1.61. The lowest BCUT2D eigenvalue weighted by Crippen LogP contribution is -2.30. The van der Waals surface area contributed by atoms with E-state index in [1.54, 1.807) is 6.92 Å². The van der Waals surface area contributed by atoms with Crippen molar-refractivity contribution in [3.63, 3.8) is 0 Å². The number of hydrogen-bond donors (Lipinski definition) is 0. The molecular formula is C11H20O4. The molecule has 0 saturated carbocycles. The molecule has 1 aliphatic rings. The first-order chi connectivity index (χ1) is 7.15. The molecule has 0 aromatic heterocycles. The lowest BCUT2D eigenvalue weighted by atomic mass is 10.1. The molecule has 4 nitrogen and oxygen atoms in total. The minimum absolute atomic E-state index is 0.111. The minimum atomic E-state index is -0.455. The fraction of sp³-hybridized carbons (Fsp3) is 0.909. The van der Waals surface area contributed by atoms with Crippen molar-refractivity contribution in [3.8, 4) is 0 Å². The van der Waals surface area contributed by atoms with Gasteiger partial charge in [0.2, 0.25) is 0 Å². The zero-order valence-electron chi connectivity index (χ0n) is 9.75. The van der Waals surface area contributed by atoms with E-state index in [-0.39, 0.29) is 12.1 Å². The highest BCUT2D eigenvalue weighted by molar-refractivity contribution is 5.68. The predicted molar refractivity (Wildman–Crippen MR) is 55.4 cm³/mol. The molecule has 0 amide bonds. The van der Waals surface area contributed by atoms with Crippen LogP contribution in [0.15, 0.2) is 0 Å². The first-order valence-corrected chi connectivity index (χ1v) is 5.63. The molecule has 1 atom stereocenters. The van der Waals surface area contributed by atoms with Crippen molar-refractivity contribution in [1.82, 2.24) is 0 Å². The second kappa shape index (κ2) is 5.47. The van der Waals surface area contributed by atoms with Gasteiger partial charge in [-0.15, -0.1) is 0 Å². The Bertz CT molecular complexity index is 211. The van der Waals surface area contributed by atoms with Crippen molar-refractivity contribution in [1.29, 1.82) is 0 Å². The molecule has 15 heavy (non-hydrogen) atoms. The summed E-state index contributed by atoms with van der Waals surface area (Å²) in [6.07, 6.45) is 1.93. The molecule has 1 fully saturated rings.